The molecule has 1 N–H and O–H groups in total. The first-order chi connectivity index (χ1) is 14.9. The van der Waals surface area contributed by atoms with Crippen LogP contribution in [0.1, 0.15) is 86.6 Å². The highest BCUT2D eigenvalue weighted by Crippen LogP contribution is 2.32. The second-order valence-electron chi connectivity index (χ2n) is 10.3. The van der Waals surface area contributed by atoms with Crippen LogP contribution in [-0.4, -0.2) is 29.8 Å². The van der Waals surface area contributed by atoms with Gasteiger partial charge in [0.05, 0.1) is 0 Å². The van der Waals surface area contributed by atoms with Gasteiger partial charge in [-0.2, -0.15) is 0 Å². The number of aryl methyl sites for hydroxylation is 1. The van der Waals surface area contributed by atoms with E-state index >= 15 is 0 Å². The monoisotopic (exact) mass is 447 g/mol. The fourth-order valence-corrected chi connectivity index (χ4v) is 4.16. The van der Waals surface area contributed by atoms with Crippen LogP contribution in [0.4, 0.5) is 4.79 Å². The molecule has 0 heterocycles. The maximum absolute atomic E-state index is 12.7. The van der Waals surface area contributed by atoms with Crippen molar-refractivity contribution in [3.63, 3.8) is 0 Å². The Morgan fingerprint density at radius 2 is 1.66 bits per heavy atom. The molecule has 0 spiro atoms. The molecule has 0 radical (unpaired) electrons. The van der Waals surface area contributed by atoms with Gasteiger partial charge in [0.15, 0.2) is 0 Å². The highest BCUT2D eigenvalue weighted by molar-refractivity contribution is 5.81. The molecule has 0 fully saturated rings. The number of rotatable bonds is 12. The first-order valence-corrected chi connectivity index (χ1v) is 12.2. The van der Waals surface area contributed by atoms with Crippen LogP contribution in [0, 0.1) is 17.8 Å². The van der Waals surface area contributed by atoms with Crippen molar-refractivity contribution < 1.29 is 19.1 Å². The van der Waals surface area contributed by atoms with Crippen molar-refractivity contribution >= 4 is 12.1 Å². The van der Waals surface area contributed by atoms with Crippen molar-refractivity contribution in [3.05, 3.63) is 35.9 Å². The summed E-state index contributed by atoms with van der Waals surface area (Å²) in [5.74, 6) is 0.865. The first-order valence-electron chi connectivity index (χ1n) is 12.2. The Labute approximate surface area is 195 Å². The highest BCUT2D eigenvalue weighted by Gasteiger charge is 2.31. The minimum absolute atomic E-state index is 0.213. The molecule has 0 aliphatic carbocycles. The van der Waals surface area contributed by atoms with Gasteiger partial charge in [-0.1, -0.05) is 57.5 Å². The van der Waals surface area contributed by atoms with Gasteiger partial charge >= 0.3 is 12.1 Å². The van der Waals surface area contributed by atoms with Crippen molar-refractivity contribution in [1.29, 1.82) is 0 Å². The molecule has 4 atom stereocenters. The zero-order chi connectivity index (χ0) is 24.3. The number of amides is 1. The Hall–Kier alpha value is -2.04. The number of carbonyl (C=O) groups excluding carboxylic acids is 2. The molecule has 0 bridgehead atoms. The Morgan fingerprint density at radius 1 is 1.03 bits per heavy atom. The summed E-state index contributed by atoms with van der Waals surface area (Å²) in [4.78, 5) is 24.6. The summed E-state index contributed by atoms with van der Waals surface area (Å²) < 4.78 is 11.1. The van der Waals surface area contributed by atoms with Crippen molar-refractivity contribution in [3.8, 4) is 0 Å². The number of carbonyl (C=O) groups is 2. The van der Waals surface area contributed by atoms with E-state index in [0.717, 1.165) is 32.1 Å². The molecule has 0 aromatic heterocycles. The van der Waals surface area contributed by atoms with Crippen molar-refractivity contribution in [1.82, 2.24) is 5.32 Å². The fraction of sp³-hybridized carbons (Fsp3) is 0.704. The first kappa shape index (κ1) is 28.0. The van der Waals surface area contributed by atoms with Crippen molar-refractivity contribution in [2.75, 3.05) is 0 Å². The van der Waals surface area contributed by atoms with Gasteiger partial charge in [-0.25, -0.2) is 9.59 Å². The van der Waals surface area contributed by atoms with Crippen LogP contribution in [0.3, 0.4) is 0 Å². The van der Waals surface area contributed by atoms with Gasteiger partial charge in [0.2, 0.25) is 0 Å². The normalized spacial score (nSPS) is 15.5. The minimum Gasteiger partial charge on any atom is -0.461 e. The number of hydrogen-bond acceptors (Lipinski definition) is 4. The van der Waals surface area contributed by atoms with Gasteiger partial charge in [-0.3, -0.25) is 0 Å². The summed E-state index contributed by atoms with van der Waals surface area (Å²) in [6.07, 6.45) is 4.53. The van der Waals surface area contributed by atoms with E-state index < -0.39 is 23.7 Å². The summed E-state index contributed by atoms with van der Waals surface area (Å²) in [5, 5.41) is 2.58. The summed E-state index contributed by atoms with van der Waals surface area (Å²) in [7, 11) is 0. The SMILES string of the molecule is CC[C@H](CCCc1ccccc1)[C@@H](CC(C)C)[C@H](C)OC(=O)[C@H](C)NC(=O)OC(C)(C)C. The minimum atomic E-state index is -0.759. The number of alkyl carbamates (subject to hydrolysis) is 1. The molecule has 0 unspecified atom stereocenters. The number of nitrogens with one attached hydrogen (secondary N) is 1. The predicted molar refractivity (Wildman–Crippen MR) is 130 cm³/mol. The van der Waals surface area contributed by atoms with Crippen molar-refractivity contribution in [2.24, 2.45) is 17.8 Å². The predicted octanol–water partition coefficient (Wildman–Crippen LogP) is 6.54. The summed E-state index contributed by atoms with van der Waals surface area (Å²) in [6, 6.07) is 9.81. The summed E-state index contributed by atoms with van der Waals surface area (Å²) in [6.45, 7) is 15.6. The van der Waals surface area contributed by atoms with Gasteiger partial charge in [0.1, 0.15) is 17.7 Å². The van der Waals surface area contributed by atoms with Crippen LogP contribution in [0.15, 0.2) is 30.3 Å². The number of hydrogen-bond donors (Lipinski definition) is 1. The lowest BCUT2D eigenvalue weighted by Gasteiger charge is -2.33. The smallest absolute Gasteiger partial charge is 0.408 e. The van der Waals surface area contributed by atoms with Crippen LogP contribution in [0.2, 0.25) is 0 Å². The van der Waals surface area contributed by atoms with Crippen LogP contribution < -0.4 is 5.32 Å². The lowest BCUT2D eigenvalue weighted by Crippen LogP contribution is -2.44. The standard InChI is InChI=1S/C27H45NO4/c1-9-23(17-13-16-22-14-11-10-12-15-22)24(18-19(2)3)21(5)31-25(29)20(4)28-26(30)32-27(6,7)8/h10-12,14-15,19-21,23-24H,9,13,16-18H2,1-8H3,(H,28,30)/t20-,21-,23+,24-/m0/s1. The Kier molecular flexibility index (Phi) is 11.8. The summed E-state index contributed by atoms with van der Waals surface area (Å²) >= 11 is 0. The highest BCUT2D eigenvalue weighted by atomic mass is 16.6. The summed E-state index contributed by atoms with van der Waals surface area (Å²) in [5.41, 5.74) is 0.751. The van der Waals surface area contributed by atoms with Crippen molar-refractivity contribution in [2.45, 2.75) is 105 Å². The van der Waals surface area contributed by atoms with E-state index in [1.807, 2.05) is 13.0 Å². The second kappa shape index (κ2) is 13.5. The third-order valence-electron chi connectivity index (χ3n) is 5.75. The van der Waals surface area contributed by atoms with E-state index in [1.165, 1.54) is 5.56 Å². The molecule has 0 saturated heterocycles. The maximum atomic E-state index is 12.7. The van der Waals surface area contributed by atoms with Crippen LogP contribution in [0.5, 0.6) is 0 Å². The molecule has 1 aromatic carbocycles. The van der Waals surface area contributed by atoms with Gasteiger partial charge < -0.3 is 14.8 Å². The molecule has 32 heavy (non-hydrogen) atoms. The largest absolute Gasteiger partial charge is 0.461 e. The fourth-order valence-electron chi connectivity index (χ4n) is 4.16. The number of ether oxygens (including phenoxy) is 2. The van der Waals surface area contributed by atoms with Crippen LogP contribution >= 0.6 is 0 Å². The molecule has 182 valence electrons. The topological polar surface area (TPSA) is 64.6 Å². The number of benzene rings is 1. The Morgan fingerprint density at radius 3 is 2.19 bits per heavy atom. The molecule has 1 rings (SSSR count). The van der Waals surface area contributed by atoms with Crippen LogP contribution in [0.25, 0.3) is 0 Å². The molecule has 1 aromatic rings. The quantitative estimate of drug-likeness (QED) is 0.369. The molecule has 0 saturated carbocycles. The second-order valence-corrected chi connectivity index (χ2v) is 10.3. The van der Waals surface area contributed by atoms with E-state index in [2.05, 4.69) is 50.4 Å². The van der Waals surface area contributed by atoms with E-state index in [4.69, 9.17) is 9.47 Å². The van der Waals surface area contributed by atoms with Gasteiger partial charge in [-0.05, 0) is 83.6 Å². The third-order valence-corrected chi connectivity index (χ3v) is 5.75. The molecule has 0 aliphatic heterocycles. The molecular weight excluding hydrogens is 402 g/mol. The van der Waals surface area contributed by atoms with Gasteiger partial charge in [0, 0.05) is 0 Å². The van der Waals surface area contributed by atoms with E-state index in [9.17, 15) is 9.59 Å². The molecular formula is C27H45NO4. The Bertz CT molecular complexity index is 681. The lowest BCUT2D eigenvalue weighted by molar-refractivity contribution is -0.154. The Balaban J connectivity index is 2.70. The third kappa shape index (κ3) is 11.0. The molecule has 0 aliphatic rings. The van der Waals surface area contributed by atoms with Gasteiger partial charge in [0.25, 0.3) is 0 Å². The lowest BCUT2D eigenvalue weighted by atomic mass is 9.78. The van der Waals surface area contributed by atoms with E-state index in [-0.39, 0.29) is 12.0 Å². The zero-order valence-corrected chi connectivity index (χ0v) is 21.4. The van der Waals surface area contributed by atoms with Crippen LogP contribution in [-0.2, 0) is 20.7 Å². The average molecular weight is 448 g/mol. The number of esters is 1. The van der Waals surface area contributed by atoms with E-state index in [1.54, 1.807) is 27.7 Å². The average Bonchev–Trinajstić information content (AvgIpc) is 2.68. The van der Waals surface area contributed by atoms with E-state index in [0.29, 0.717) is 11.8 Å². The molecule has 1 amide bonds. The maximum Gasteiger partial charge on any atom is 0.408 e. The zero-order valence-electron chi connectivity index (χ0n) is 21.4. The molecule has 5 nitrogen and oxygen atoms in total. The van der Waals surface area contributed by atoms with Gasteiger partial charge in [-0.15, -0.1) is 0 Å². The molecule has 5 heteroatoms.